The number of methoxy groups -OCH3 is 1. The van der Waals surface area contributed by atoms with Crippen LogP contribution in [0.2, 0.25) is 0 Å². The first kappa shape index (κ1) is 26.1. The van der Waals surface area contributed by atoms with E-state index in [-0.39, 0.29) is 11.3 Å². The third-order valence-corrected chi connectivity index (χ3v) is 5.79. The summed E-state index contributed by atoms with van der Waals surface area (Å²) in [5.74, 6) is 0.146. The van der Waals surface area contributed by atoms with E-state index in [1.165, 1.54) is 12.0 Å². The van der Waals surface area contributed by atoms with E-state index in [9.17, 15) is 14.7 Å². The number of rotatable bonds is 11. The molecule has 0 saturated carbocycles. The lowest BCUT2D eigenvalue weighted by atomic mass is 9.95. The normalized spacial score (nSPS) is 17.2. The van der Waals surface area contributed by atoms with E-state index in [2.05, 4.69) is 0 Å². The van der Waals surface area contributed by atoms with Crippen LogP contribution in [-0.2, 0) is 9.59 Å². The molecule has 0 spiro atoms. The smallest absolute Gasteiger partial charge is 0.295 e. The van der Waals surface area contributed by atoms with Gasteiger partial charge < -0.3 is 29.1 Å². The molecule has 0 aliphatic carbocycles. The van der Waals surface area contributed by atoms with Gasteiger partial charge in [0, 0.05) is 12.1 Å². The molecule has 3 rings (SSSR count). The Bertz CT molecular complexity index is 1080. The molecule has 1 aliphatic heterocycles. The van der Waals surface area contributed by atoms with Crippen molar-refractivity contribution in [3.63, 3.8) is 0 Å². The van der Waals surface area contributed by atoms with Crippen LogP contribution in [0.5, 0.6) is 17.2 Å². The predicted octanol–water partition coefficient (Wildman–Crippen LogP) is 3.87. The number of carbonyl (C=O) groups excluding carboxylic acids is 2. The third kappa shape index (κ3) is 5.77. The fourth-order valence-electron chi connectivity index (χ4n) is 4.17. The minimum atomic E-state index is -0.756. The second kappa shape index (κ2) is 11.8. The molecule has 0 radical (unpaired) electrons. The topological polar surface area (TPSA) is 88.5 Å². The van der Waals surface area contributed by atoms with Gasteiger partial charge in [0.05, 0.1) is 31.9 Å². The molecular formula is C27H34N2O6. The predicted molar refractivity (Wildman–Crippen MR) is 134 cm³/mol. The lowest BCUT2D eigenvalue weighted by Gasteiger charge is -2.26. The van der Waals surface area contributed by atoms with Crippen molar-refractivity contribution < 1.29 is 28.9 Å². The van der Waals surface area contributed by atoms with Crippen LogP contribution in [0, 0.1) is 0 Å². The van der Waals surface area contributed by atoms with Gasteiger partial charge >= 0.3 is 0 Å². The highest BCUT2D eigenvalue weighted by atomic mass is 16.5. The Balaban J connectivity index is 2.10. The molecule has 1 aliphatic rings. The molecule has 188 valence electrons. The van der Waals surface area contributed by atoms with E-state index >= 15 is 0 Å². The highest BCUT2D eigenvalue weighted by Gasteiger charge is 2.46. The molecular weight excluding hydrogens is 448 g/mol. The maximum Gasteiger partial charge on any atom is 0.295 e. The van der Waals surface area contributed by atoms with Gasteiger partial charge in [-0.2, -0.15) is 0 Å². The van der Waals surface area contributed by atoms with Crippen molar-refractivity contribution in [3.05, 3.63) is 59.2 Å². The van der Waals surface area contributed by atoms with Crippen molar-refractivity contribution in [2.24, 2.45) is 0 Å². The standard InChI is InChI=1S/C27H34N2O6/c1-6-34-20-12-9-18(10-13-20)25(30)23-24(19-11-14-21(35-7-2)22(17-19)33-5)29(27(32)26(23)31)16-8-15-28(3)4/h9-14,17,24,30H,6-8,15-16H2,1-5H3/t24-/m1/s1. The summed E-state index contributed by atoms with van der Waals surface area (Å²) in [5.41, 5.74) is 1.14. The molecule has 2 aromatic carbocycles. The van der Waals surface area contributed by atoms with Gasteiger partial charge in [-0.05, 0) is 82.9 Å². The number of benzene rings is 2. The maximum atomic E-state index is 13.2. The zero-order valence-electron chi connectivity index (χ0n) is 21.0. The fraction of sp³-hybridized carbons (Fsp3) is 0.407. The Morgan fingerprint density at radius 3 is 2.29 bits per heavy atom. The van der Waals surface area contributed by atoms with Gasteiger partial charge in [0.2, 0.25) is 0 Å². The maximum absolute atomic E-state index is 13.2. The van der Waals surface area contributed by atoms with E-state index in [0.29, 0.717) is 54.6 Å². The quantitative estimate of drug-likeness (QED) is 0.296. The first-order valence-electron chi connectivity index (χ1n) is 11.8. The Labute approximate surface area is 206 Å². The number of hydrogen-bond acceptors (Lipinski definition) is 7. The summed E-state index contributed by atoms with van der Waals surface area (Å²) in [6.07, 6.45) is 0.674. The number of likely N-dealkylation sites (tertiary alicyclic amines) is 1. The summed E-state index contributed by atoms with van der Waals surface area (Å²) in [5, 5.41) is 11.2. The van der Waals surface area contributed by atoms with Crippen LogP contribution >= 0.6 is 0 Å². The fourth-order valence-corrected chi connectivity index (χ4v) is 4.17. The molecule has 1 amide bonds. The molecule has 0 unspecified atom stereocenters. The second-order valence-corrected chi connectivity index (χ2v) is 8.45. The number of hydrogen-bond donors (Lipinski definition) is 1. The van der Waals surface area contributed by atoms with Crippen molar-refractivity contribution in [2.75, 3.05) is 47.5 Å². The van der Waals surface area contributed by atoms with Crippen LogP contribution < -0.4 is 14.2 Å². The summed E-state index contributed by atoms with van der Waals surface area (Å²) in [7, 11) is 5.44. The molecule has 1 atom stereocenters. The van der Waals surface area contributed by atoms with Gasteiger partial charge in [0.15, 0.2) is 11.5 Å². The number of Topliss-reactive ketones (excluding diaryl/α,β-unsaturated/α-hetero) is 1. The minimum absolute atomic E-state index is 0.0511. The van der Waals surface area contributed by atoms with E-state index in [4.69, 9.17) is 14.2 Å². The monoisotopic (exact) mass is 482 g/mol. The Morgan fingerprint density at radius 1 is 1.00 bits per heavy atom. The number of amides is 1. The number of ketones is 1. The van der Waals surface area contributed by atoms with Crippen molar-refractivity contribution in [1.29, 1.82) is 0 Å². The van der Waals surface area contributed by atoms with Gasteiger partial charge in [-0.15, -0.1) is 0 Å². The van der Waals surface area contributed by atoms with Crippen molar-refractivity contribution in [3.8, 4) is 17.2 Å². The van der Waals surface area contributed by atoms with Crippen molar-refractivity contribution >= 4 is 17.4 Å². The van der Waals surface area contributed by atoms with E-state index in [1.54, 1.807) is 42.5 Å². The third-order valence-electron chi connectivity index (χ3n) is 5.79. The second-order valence-electron chi connectivity index (χ2n) is 8.45. The van der Waals surface area contributed by atoms with E-state index in [1.807, 2.05) is 32.8 Å². The van der Waals surface area contributed by atoms with Crippen LogP contribution in [0.1, 0.15) is 37.4 Å². The molecule has 1 N–H and O–H groups in total. The number of aliphatic hydroxyl groups is 1. The highest BCUT2D eigenvalue weighted by molar-refractivity contribution is 6.46. The molecule has 8 heteroatoms. The Morgan fingerprint density at radius 2 is 1.69 bits per heavy atom. The molecule has 2 aromatic rings. The summed E-state index contributed by atoms with van der Waals surface area (Å²) in [6.45, 7) is 5.87. The van der Waals surface area contributed by atoms with Gasteiger partial charge in [0.1, 0.15) is 11.5 Å². The zero-order valence-corrected chi connectivity index (χ0v) is 21.0. The summed E-state index contributed by atoms with van der Waals surface area (Å²) >= 11 is 0. The van der Waals surface area contributed by atoms with Crippen LogP contribution in [0.15, 0.2) is 48.0 Å². The summed E-state index contributed by atoms with van der Waals surface area (Å²) in [4.78, 5) is 29.9. The number of nitrogens with zero attached hydrogens (tertiary/aromatic N) is 2. The van der Waals surface area contributed by atoms with Crippen LogP contribution in [0.25, 0.3) is 5.76 Å². The average Bonchev–Trinajstić information content (AvgIpc) is 3.09. The summed E-state index contributed by atoms with van der Waals surface area (Å²) in [6, 6.07) is 11.4. The first-order chi connectivity index (χ1) is 16.8. The summed E-state index contributed by atoms with van der Waals surface area (Å²) < 4.78 is 16.6. The lowest BCUT2D eigenvalue weighted by Crippen LogP contribution is -2.32. The average molecular weight is 483 g/mol. The first-order valence-corrected chi connectivity index (χ1v) is 11.8. The Kier molecular flexibility index (Phi) is 8.76. The molecule has 35 heavy (non-hydrogen) atoms. The van der Waals surface area contributed by atoms with Crippen LogP contribution in [0.3, 0.4) is 0 Å². The van der Waals surface area contributed by atoms with Gasteiger partial charge in [-0.25, -0.2) is 0 Å². The molecule has 1 fully saturated rings. The van der Waals surface area contributed by atoms with Gasteiger partial charge in [-0.3, -0.25) is 9.59 Å². The zero-order chi connectivity index (χ0) is 25.5. The van der Waals surface area contributed by atoms with Crippen molar-refractivity contribution in [1.82, 2.24) is 9.80 Å². The molecule has 8 nitrogen and oxygen atoms in total. The van der Waals surface area contributed by atoms with Gasteiger partial charge in [-0.1, -0.05) is 6.07 Å². The van der Waals surface area contributed by atoms with E-state index in [0.717, 1.165) is 6.54 Å². The largest absolute Gasteiger partial charge is 0.507 e. The van der Waals surface area contributed by atoms with Crippen LogP contribution in [-0.4, -0.2) is 74.1 Å². The van der Waals surface area contributed by atoms with Gasteiger partial charge in [0.25, 0.3) is 11.7 Å². The number of aliphatic hydroxyl groups excluding tert-OH is 1. The van der Waals surface area contributed by atoms with Crippen LogP contribution in [0.4, 0.5) is 0 Å². The molecule has 1 saturated heterocycles. The Hall–Kier alpha value is -3.52. The minimum Gasteiger partial charge on any atom is -0.507 e. The lowest BCUT2D eigenvalue weighted by molar-refractivity contribution is -0.139. The number of carbonyl (C=O) groups is 2. The highest BCUT2D eigenvalue weighted by Crippen LogP contribution is 2.42. The number of ether oxygens (including phenoxy) is 3. The van der Waals surface area contributed by atoms with Crippen molar-refractivity contribution in [2.45, 2.75) is 26.3 Å². The molecule has 0 bridgehead atoms. The molecule has 1 heterocycles. The van der Waals surface area contributed by atoms with E-state index < -0.39 is 17.7 Å². The SMILES string of the molecule is CCOc1ccc(C(O)=C2C(=O)C(=O)N(CCCN(C)C)[C@@H]2c2ccc(OCC)c(OC)c2)cc1. The molecule has 0 aromatic heterocycles.